The monoisotopic (exact) mass is 428 g/mol. The van der Waals surface area contributed by atoms with Crippen molar-refractivity contribution in [3.63, 3.8) is 0 Å². The summed E-state index contributed by atoms with van der Waals surface area (Å²) in [4.78, 5) is 19.5. The maximum atomic E-state index is 13.3. The number of likely N-dealkylation sites (tertiary alicyclic amines) is 1. The van der Waals surface area contributed by atoms with E-state index in [1.807, 2.05) is 40.5 Å². The number of anilines is 1. The minimum Gasteiger partial charge on any atom is -0.312 e. The van der Waals surface area contributed by atoms with Crippen LogP contribution in [0.1, 0.15) is 54.9 Å². The van der Waals surface area contributed by atoms with E-state index in [9.17, 15) is 4.79 Å². The molecule has 2 saturated heterocycles. The average molecular weight is 429 g/mol. The van der Waals surface area contributed by atoms with E-state index < -0.39 is 0 Å². The highest BCUT2D eigenvalue weighted by Crippen LogP contribution is 2.44. The van der Waals surface area contributed by atoms with Crippen molar-refractivity contribution >= 4 is 34.5 Å². The predicted molar refractivity (Wildman–Crippen MR) is 121 cm³/mol. The number of thiophene rings is 1. The Morgan fingerprint density at radius 2 is 1.83 bits per heavy atom. The summed E-state index contributed by atoms with van der Waals surface area (Å²) in [5.41, 5.74) is 2.48. The number of carbonyl (C=O) groups is 1. The third-order valence-corrected chi connectivity index (χ3v) is 8.68. The van der Waals surface area contributed by atoms with Crippen molar-refractivity contribution in [3.05, 3.63) is 51.2 Å². The molecular weight excluding hydrogens is 400 g/mol. The Labute approximate surface area is 182 Å². The first-order chi connectivity index (χ1) is 14.1. The van der Waals surface area contributed by atoms with Crippen LogP contribution in [0, 0.1) is 5.41 Å². The third-order valence-electron chi connectivity index (χ3n) is 7.43. The van der Waals surface area contributed by atoms with Crippen LogP contribution in [0.15, 0.2) is 35.7 Å². The SMILES string of the molecule is O=C1N(c2ccc(Cl)cc2)CCC12CCN(CCC1CCCc3sccc31)CC2. The van der Waals surface area contributed by atoms with Gasteiger partial charge in [-0.25, -0.2) is 0 Å². The highest BCUT2D eigenvalue weighted by Gasteiger charge is 2.48. The van der Waals surface area contributed by atoms with Crippen LogP contribution >= 0.6 is 22.9 Å². The zero-order chi connectivity index (χ0) is 19.8. The molecule has 5 heteroatoms. The summed E-state index contributed by atoms with van der Waals surface area (Å²) in [6.45, 7) is 4.13. The lowest BCUT2D eigenvalue weighted by Crippen LogP contribution is -2.45. The van der Waals surface area contributed by atoms with Crippen LogP contribution in [-0.2, 0) is 11.2 Å². The molecule has 0 bridgehead atoms. The van der Waals surface area contributed by atoms with Gasteiger partial charge in [0.15, 0.2) is 0 Å². The zero-order valence-corrected chi connectivity index (χ0v) is 18.5. The standard InChI is InChI=1S/C24H29ClN2OS/c25-19-4-6-20(7-5-19)27-16-12-24(23(27)28)10-14-26(15-11-24)13-8-18-2-1-3-22-21(18)9-17-29-22/h4-7,9,17-18H,1-3,8,10-16H2. The van der Waals surface area contributed by atoms with Gasteiger partial charge in [0.1, 0.15) is 0 Å². The molecular formula is C24H29ClN2OS. The molecule has 3 heterocycles. The second kappa shape index (κ2) is 8.05. The van der Waals surface area contributed by atoms with Gasteiger partial charge in [-0.15, -0.1) is 11.3 Å². The van der Waals surface area contributed by atoms with Crippen molar-refractivity contribution in [1.29, 1.82) is 0 Å². The summed E-state index contributed by atoms with van der Waals surface area (Å²) in [6.07, 6.45) is 8.23. The number of hydrogen-bond donors (Lipinski definition) is 0. The second-order valence-electron chi connectivity index (χ2n) is 8.98. The third kappa shape index (κ3) is 3.75. The Morgan fingerprint density at radius 3 is 2.62 bits per heavy atom. The average Bonchev–Trinajstić information content (AvgIpc) is 3.35. The molecule has 1 unspecified atom stereocenters. The van der Waals surface area contributed by atoms with E-state index in [1.165, 1.54) is 32.2 Å². The minimum absolute atomic E-state index is 0.137. The van der Waals surface area contributed by atoms with E-state index in [0.717, 1.165) is 55.5 Å². The summed E-state index contributed by atoms with van der Waals surface area (Å²) >= 11 is 7.95. The van der Waals surface area contributed by atoms with E-state index in [0.29, 0.717) is 5.91 Å². The van der Waals surface area contributed by atoms with Crippen LogP contribution in [0.3, 0.4) is 0 Å². The van der Waals surface area contributed by atoms with E-state index >= 15 is 0 Å². The van der Waals surface area contributed by atoms with Gasteiger partial charge in [0, 0.05) is 22.1 Å². The number of halogens is 1. The summed E-state index contributed by atoms with van der Waals surface area (Å²) in [6, 6.07) is 10.1. The van der Waals surface area contributed by atoms with Crippen LogP contribution in [0.25, 0.3) is 0 Å². The Kier molecular flexibility index (Phi) is 5.44. The molecule has 2 fully saturated rings. The molecule has 1 spiro atoms. The molecule has 29 heavy (non-hydrogen) atoms. The van der Waals surface area contributed by atoms with E-state index in [4.69, 9.17) is 11.6 Å². The number of fused-ring (bicyclic) bond motifs is 1. The molecule has 1 amide bonds. The smallest absolute Gasteiger partial charge is 0.233 e. The van der Waals surface area contributed by atoms with Crippen molar-refractivity contribution in [3.8, 4) is 0 Å². The van der Waals surface area contributed by atoms with Crippen LogP contribution in [0.2, 0.25) is 5.02 Å². The number of nitrogens with zero attached hydrogens (tertiary/aromatic N) is 2. The number of benzene rings is 1. The van der Waals surface area contributed by atoms with Crippen LogP contribution < -0.4 is 4.90 Å². The number of hydrogen-bond acceptors (Lipinski definition) is 3. The lowest BCUT2D eigenvalue weighted by atomic mass is 9.77. The number of aryl methyl sites for hydroxylation is 1. The van der Waals surface area contributed by atoms with Crippen molar-refractivity contribution in [2.75, 3.05) is 31.1 Å². The van der Waals surface area contributed by atoms with Crippen LogP contribution in [0.5, 0.6) is 0 Å². The quantitative estimate of drug-likeness (QED) is 0.620. The fourth-order valence-corrected chi connectivity index (χ4v) is 6.71. The van der Waals surface area contributed by atoms with Gasteiger partial charge >= 0.3 is 0 Å². The molecule has 1 atom stereocenters. The minimum atomic E-state index is -0.137. The van der Waals surface area contributed by atoms with Crippen molar-refractivity contribution in [2.45, 2.75) is 50.9 Å². The molecule has 5 rings (SSSR count). The first kappa shape index (κ1) is 19.6. The van der Waals surface area contributed by atoms with E-state index in [2.05, 4.69) is 16.3 Å². The summed E-state index contributed by atoms with van der Waals surface area (Å²) in [5.74, 6) is 1.07. The fraction of sp³-hybridized carbons (Fsp3) is 0.542. The number of carbonyl (C=O) groups excluding carboxylic acids is 1. The summed E-state index contributed by atoms with van der Waals surface area (Å²) in [5, 5.41) is 2.99. The molecule has 1 aliphatic carbocycles. The lowest BCUT2D eigenvalue weighted by Gasteiger charge is -2.38. The predicted octanol–water partition coefficient (Wildman–Crippen LogP) is 5.73. The van der Waals surface area contributed by atoms with Crippen molar-refractivity contribution < 1.29 is 4.79 Å². The van der Waals surface area contributed by atoms with E-state index in [1.54, 1.807) is 10.4 Å². The molecule has 154 valence electrons. The lowest BCUT2D eigenvalue weighted by molar-refractivity contribution is -0.128. The van der Waals surface area contributed by atoms with Crippen LogP contribution in [-0.4, -0.2) is 37.0 Å². The molecule has 0 saturated carbocycles. The maximum absolute atomic E-state index is 13.3. The van der Waals surface area contributed by atoms with Gasteiger partial charge in [-0.2, -0.15) is 0 Å². The molecule has 2 aromatic rings. The van der Waals surface area contributed by atoms with Gasteiger partial charge in [-0.3, -0.25) is 4.79 Å². The van der Waals surface area contributed by atoms with Gasteiger partial charge in [-0.1, -0.05) is 11.6 Å². The first-order valence-corrected chi connectivity index (χ1v) is 12.3. The Morgan fingerprint density at radius 1 is 1.07 bits per heavy atom. The number of amides is 1. The highest BCUT2D eigenvalue weighted by atomic mass is 35.5. The molecule has 3 nitrogen and oxygen atoms in total. The Hall–Kier alpha value is -1.36. The van der Waals surface area contributed by atoms with Gasteiger partial charge < -0.3 is 9.80 Å². The molecule has 1 aromatic carbocycles. The van der Waals surface area contributed by atoms with Gasteiger partial charge in [0.05, 0.1) is 5.41 Å². The molecule has 0 radical (unpaired) electrons. The number of piperidine rings is 1. The summed E-state index contributed by atoms with van der Waals surface area (Å²) in [7, 11) is 0. The molecule has 2 aliphatic heterocycles. The molecule has 3 aliphatic rings. The zero-order valence-electron chi connectivity index (χ0n) is 16.9. The largest absolute Gasteiger partial charge is 0.312 e. The van der Waals surface area contributed by atoms with Gasteiger partial charge in [-0.05, 0) is 112 Å². The van der Waals surface area contributed by atoms with Crippen molar-refractivity contribution in [1.82, 2.24) is 4.90 Å². The maximum Gasteiger partial charge on any atom is 0.233 e. The Bertz CT molecular complexity index is 869. The fourth-order valence-electron chi connectivity index (χ4n) is 5.58. The van der Waals surface area contributed by atoms with Gasteiger partial charge in [0.2, 0.25) is 5.91 Å². The van der Waals surface area contributed by atoms with E-state index in [-0.39, 0.29) is 5.41 Å². The normalized spacial score (nSPS) is 24.2. The van der Waals surface area contributed by atoms with Gasteiger partial charge in [0.25, 0.3) is 0 Å². The molecule has 1 aromatic heterocycles. The Balaban J connectivity index is 1.17. The van der Waals surface area contributed by atoms with Crippen LogP contribution in [0.4, 0.5) is 5.69 Å². The first-order valence-electron chi connectivity index (χ1n) is 11.0. The topological polar surface area (TPSA) is 23.6 Å². The summed E-state index contributed by atoms with van der Waals surface area (Å²) < 4.78 is 0. The van der Waals surface area contributed by atoms with Crippen molar-refractivity contribution in [2.24, 2.45) is 5.41 Å². The molecule has 0 N–H and O–H groups in total. The second-order valence-corrected chi connectivity index (χ2v) is 10.4. The number of rotatable bonds is 4. The highest BCUT2D eigenvalue weighted by molar-refractivity contribution is 7.10.